The summed E-state index contributed by atoms with van der Waals surface area (Å²) >= 11 is 0. The number of nitrogens with zero attached hydrogens (tertiary/aromatic N) is 2. The van der Waals surface area contributed by atoms with Crippen LogP contribution in [-0.2, 0) is 20.8 Å². The smallest absolute Gasteiger partial charge is 0.337 e. The molecule has 1 aromatic heterocycles. The van der Waals surface area contributed by atoms with Gasteiger partial charge in [-0.15, -0.1) is 0 Å². The highest BCUT2D eigenvalue weighted by Gasteiger charge is 2.25. The number of H-pyrrole nitrogens is 1. The Balaban J connectivity index is 1.77. The number of nitrogens with one attached hydrogen (secondary N) is 1. The van der Waals surface area contributed by atoms with Crippen LogP contribution >= 0.6 is 0 Å². The molecule has 0 radical (unpaired) electrons. The van der Waals surface area contributed by atoms with Gasteiger partial charge >= 0.3 is 11.9 Å². The summed E-state index contributed by atoms with van der Waals surface area (Å²) in [5.74, 6) is -0.179. The second-order valence-electron chi connectivity index (χ2n) is 6.31. The van der Waals surface area contributed by atoms with Crippen LogP contribution in [0.2, 0.25) is 0 Å². The molecule has 0 bridgehead atoms. The van der Waals surface area contributed by atoms with Crippen LogP contribution in [0.5, 0.6) is 0 Å². The monoisotopic (exact) mass is 359 g/mol. The molecule has 0 unspecified atom stereocenters. The lowest BCUT2D eigenvalue weighted by Gasteiger charge is -2.30. The average molecular weight is 359 g/mol. The summed E-state index contributed by atoms with van der Waals surface area (Å²) in [6.45, 7) is 1.93. The molecule has 0 amide bonds. The number of aromatic nitrogens is 2. The first-order chi connectivity index (χ1) is 12.5. The minimum Gasteiger partial charge on any atom is -0.469 e. The fourth-order valence-electron chi connectivity index (χ4n) is 3.21. The number of ether oxygens (including phenoxy) is 2. The molecule has 0 aliphatic carbocycles. The van der Waals surface area contributed by atoms with E-state index in [1.54, 1.807) is 18.2 Å². The normalized spacial score (nSPS) is 15.8. The van der Waals surface area contributed by atoms with Crippen molar-refractivity contribution in [3.8, 4) is 0 Å². The first kappa shape index (κ1) is 18.1. The van der Waals surface area contributed by atoms with Gasteiger partial charge in [-0.1, -0.05) is 0 Å². The Morgan fingerprint density at radius 2 is 1.96 bits per heavy atom. The van der Waals surface area contributed by atoms with Gasteiger partial charge in [-0.3, -0.25) is 14.5 Å². The summed E-state index contributed by atoms with van der Waals surface area (Å²) in [5, 5.41) is 0.422. The van der Waals surface area contributed by atoms with E-state index in [2.05, 4.69) is 14.9 Å². The number of hydrogen-bond acceptors (Lipinski definition) is 7. The molecule has 1 fully saturated rings. The van der Waals surface area contributed by atoms with E-state index < -0.39 is 5.97 Å². The molecule has 8 nitrogen and oxygen atoms in total. The van der Waals surface area contributed by atoms with Crippen molar-refractivity contribution in [1.29, 1.82) is 0 Å². The van der Waals surface area contributed by atoms with E-state index in [0.717, 1.165) is 25.9 Å². The van der Waals surface area contributed by atoms with Crippen molar-refractivity contribution in [1.82, 2.24) is 14.9 Å². The predicted molar refractivity (Wildman–Crippen MR) is 93.7 cm³/mol. The van der Waals surface area contributed by atoms with Crippen LogP contribution in [0.4, 0.5) is 0 Å². The highest BCUT2D eigenvalue weighted by molar-refractivity contribution is 5.93. The van der Waals surface area contributed by atoms with E-state index in [9.17, 15) is 14.4 Å². The molecule has 1 aromatic carbocycles. The summed E-state index contributed by atoms with van der Waals surface area (Å²) in [7, 11) is 2.71. The van der Waals surface area contributed by atoms with Gasteiger partial charge in [0, 0.05) is 0 Å². The number of esters is 2. The van der Waals surface area contributed by atoms with Gasteiger partial charge in [0.05, 0.1) is 43.1 Å². The molecule has 0 atom stereocenters. The zero-order chi connectivity index (χ0) is 18.7. The van der Waals surface area contributed by atoms with Crippen LogP contribution in [0.3, 0.4) is 0 Å². The van der Waals surface area contributed by atoms with Crippen molar-refractivity contribution in [3.63, 3.8) is 0 Å². The molecule has 138 valence electrons. The van der Waals surface area contributed by atoms with E-state index >= 15 is 0 Å². The summed E-state index contributed by atoms with van der Waals surface area (Å²) in [6.07, 6.45) is 1.44. The fraction of sp³-hybridized carbons (Fsp3) is 0.444. The van der Waals surface area contributed by atoms with Crippen molar-refractivity contribution in [2.45, 2.75) is 19.4 Å². The number of likely N-dealkylation sites (tertiary alicyclic amines) is 1. The van der Waals surface area contributed by atoms with Gasteiger partial charge < -0.3 is 14.5 Å². The number of hydrogen-bond donors (Lipinski definition) is 1. The SMILES string of the molecule is COC(=O)c1ccc2c(=O)[nH]c(CN3CCC(C(=O)OC)CC3)nc2c1. The third kappa shape index (κ3) is 3.75. The number of methoxy groups -OCH3 is 2. The minimum absolute atomic E-state index is 0.0672. The molecule has 26 heavy (non-hydrogen) atoms. The molecule has 0 saturated carbocycles. The van der Waals surface area contributed by atoms with Crippen LogP contribution in [0.25, 0.3) is 10.9 Å². The average Bonchev–Trinajstić information content (AvgIpc) is 2.66. The highest BCUT2D eigenvalue weighted by atomic mass is 16.5. The van der Waals surface area contributed by atoms with Crippen molar-refractivity contribution < 1.29 is 19.1 Å². The number of fused-ring (bicyclic) bond motifs is 1. The van der Waals surface area contributed by atoms with Gasteiger partial charge in [-0.05, 0) is 44.1 Å². The zero-order valence-corrected chi connectivity index (χ0v) is 14.8. The summed E-state index contributed by atoms with van der Waals surface area (Å²) in [5.41, 5.74) is 0.560. The minimum atomic E-state index is -0.472. The van der Waals surface area contributed by atoms with E-state index in [1.807, 2.05) is 0 Å². The molecule has 2 aromatic rings. The number of rotatable bonds is 4. The molecule has 1 aliphatic heterocycles. The van der Waals surface area contributed by atoms with Crippen LogP contribution < -0.4 is 5.56 Å². The maximum Gasteiger partial charge on any atom is 0.337 e. The maximum atomic E-state index is 12.3. The van der Waals surface area contributed by atoms with Gasteiger partial charge in [-0.25, -0.2) is 9.78 Å². The Hall–Kier alpha value is -2.74. The number of carbonyl (C=O) groups excluding carboxylic acids is 2. The highest BCUT2D eigenvalue weighted by Crippen LogP contribution is 2.20. The Bertz CT molecular complexity index is 884. The molecule has 3 rings (SSSR count). The lowest BCUT2D eigenvalue weighted by atomic mass is 9.97. The van der Waals surface area contributed by atoms with Gasteiger partial charge in [0.15, 0.2) is 0 Å². The second-order valence-corrected chi connectivity index (χ2v) is 6.31. The van der Waals surface area contributed by atoms with Gasteiger partial charge in [-0.2, -0.15) is 0 Å². The number of aromatic amines is 1. The Morgan fingerprint density at radius 1 is 1.23 bits per heavy atom. The van der Waals surface area contributed by atoms with E-state index in [0.29, 0.717) is 28.8 Å². The number of benzene rings is 1. The Morgan fingerprint density at radius 3 is 2.62 bits per heavy atom. The van der Waals surface area contributed by atoms with Crippen molar-refractivity contribution in [2.24, 2.45) is 5.92 Å². The van der Waals surface area contributed by atoms with E-state index in [1.165, 1.54) is 14.2 Å². The second kappa shape index (κ2) is 7.65. The summed E-state index contributed by atoms with van der Waals surface area (Å²) in [6, 6.07) is 4.67. The van der Waals surface area contributed by atoms with Gasteiger partial charge in [0.1, 0.15) is 5.82 Å². The molecule has 0 spiro atoms. The lowest BCUT2D eigenvalue weighted by molar-refractivity contribution is -0.147. The largest absolute Gasteiger partial charge is 0.469 e. The van der Waals surface area contributed by atoms with Crippen molar-refractivity contribution in [2.75, 3.05) is 27.3 Å². The number of carbonyl (C=O) groups is 2. The third-order valence-electron chi connectivity index (χ3n) is 4.67. The number of piperidine rings is 1. The Kier molecular flexibility index (Phi) is 5.32. The van der Waals surface area contributed by atoms with Crippen LogP contribution in [0.1, 0.15) is 29.0 Å². The van der Waals surface area contributed by atoms with E-state index in [4.69, 9.17) is 9.47 Å². The van der Waals surface area contributed by atoms with Crippen LogP contribution in [0.15, 0.2) is 23.0 Å². The van der Waals surface area contributed by atoms with Crippen LogP contribution in [0, 0.1) is 5.92 Å². The fourth-order valence-corrected chi connectivity index (χ4v) is 3.21. The molecule has 1 aliphatic rings. The van der Waals surface area contributed by atoms with Crippen molar-refractivity contribution >= 4 is 22.8 Å². The summed E-state index contributed by atoms with van der Waals surface area (Å²) in [4.78, 5) is 45.0. The van der Waals surface area contributed by atoms with E-state index in [-0.39, 0.29) is 17.4 Å². The standard InChI is InChI=1S/C18H21N3O5/c1-25-17(23)11-5-7-21(8-6-11)10-15-19-14-9-12(18(24)26-2)3-4-13(14)16(22)20-15/h3-4,9,11H,5-8,10H2,1-2H3,(H,19,20,22). The zero-order valence-electron chi connectivity index (χ0n) is 14.8. The Labute approximate surface area is 150 Å². The van der Waals surface area contributed by atoms with Crippen LogP contribution in [-0.4, -0.2) is 54.1 Å². The molecule has 1 N–H and O–H groups in total. The first-order valence-corrected chi connectivity index (χ1v) is 8.43. The summed E-state index contributed by atoms with van der Waals surface area (Å²) < 4.78 is 9.50. The molecular weight excluding hydrogens is 338 g/mol. The van der Waals surface area contributed by atoms with Gasteiger partial charge in [0.2, 0.25) is 0 Å². The molecule has 1 saturated heterocycles. The first-order valence-electron chi connectivity index (χ1n) is 8.43. The lowest BCUT2D eigenvalue weighted by Crippen LogP contribution is -2.37. The predicted octanol–water partition coefficient (Wildman–Crippen LogP) is 1.09. The molecular formula is C18H21N3O5. The van der Waals surface area contributed by atoms with Crippen molar-refractivity contribution in [3.05, 3.63) is 39.9 Å². The maximum absolute atomic E-state index is 12.3. The quantitative estimate of drug-likeness (QED) is 0.816. The molecule has 8 heteroatoms. The molecule has 2 heterocycles. The third-order valence-corrected chi connectivity index (χ3v) is 4.67. The van der Waals surface area contributed by atoms with Gasteiger partial charge in [0.25, 0.3) is 5.56 Å². The topological polar surface area (TPSA) is 102 Å².